The molecule has 0 fully saturated rings. The topological polar surface area (TPSA) is 59.6 Å². The zero-order valence-electron chi connectivity index (χ0n) is 13.0. The summed E-state index contributed by atoms with van der Waals surface area (Å²) in [4.78, 5) is 4.19. The molecule has 4 nitrogen and oxygen atoms in total. The second-order valence-corrected chi connectivity index (χ2v) is 5.19. The summed E-state index contributed by atoms with van der Waals surface area (Å²) in [6.07, 6.45) is 0. The van der Waals surface area contributed by atoms with Crippen LogP contribution in [0.4, 0.5) is 14.5 Å². The van der Waals surface area contributed by atoms with Crippen molar-refractivity contribution in [2.75, 3.05) is 5.32 Å². The second-order valence-electron chi connectivity index (χ2n) is 5.19. The van der Waals surface area contributed by atoms with E-state index >= 15 is 0 Å². The molecule has 0 amide bonds. The van der Waals surface area contributed by atoms with E-state index in [1.54, 1.807) is 12.1 Å². The van der Waals surface area contributed by atoms with Crippen LogP contribution in [0.5, 0.6) is 5.75 Å². The lowest BCUT2D eigenvalue weighted by molar-refractivity contribution is -0.0504. The zero-order chi connectivity index (χ0) is 16.8. The van der Waals surface area contributed by atoms with Crippen LogP contribution in [0.25, 0.3) is 0 Å². The fourth-order valence-corrected chi connectivity index (χ4v) is 2.12. The van der Waals surface area contributed by atoms with Gasteiger partial charge in [-0.3, -0.25) is 0 Å². The number of nitrogens with zero attached hydrogens (tertiary/aromatic N) is 1. The minimum atomic E-state index is -2.87. The fraction of sp³-hybridized carbons (Fsp3) is 0.235. The SMILES string of the molecule is Cc1cccc(NC(N)=NCc2cc(C)ccc2OC(F)F)c1. The van der Waals surface area contributed by atoms with Gasteiger partial charge in [0.05, 0.1) is 6.54 Å². The van der Waals surface area contributed by atoms with E-state index in [1.165, 1.54) is 6.07 Å². The Morgan fingerprint density at radius 1 is 1.17 bits per heavy atom. The third kappa shape index (κ3) is 5.25. The number of hydrogen-bond acceptors (Lipinski definition) is 2. The third-order valence-electron chi connectivity index (χ3n) is 3.14. The van der Waals surface area contributed by atoms with Crippen molar-refractivity contribution in [3.8, 4) is 5.75 Å². The lowest BCUT2D eigenvalue weighted by Crippen LogP contribution is -2.22. The summed E-state index contributed by atoms with van der Waals surface area (Å²) >= 11 is 0. The first-order valence-corrected chi connectivity index (χ1v) is 7.12. The highest BCUT2D eigenvalue weighted by atomic mass is 19.3. The molecule has 0 aromatic heterocycles. The minimum Gasteiger partial charge on any atom is -0.434 e. The normalized spacial score (nSPS) is 11.6. The second kappa shape index (κ2) is 7.58. The van der Waals surface area contributed by atoms with Crippen molar-refractivity contribution < 1.29 is 13.5 Å². The Hall–Kier alpha value is -2.63. The first kappa shape index (κ1) is 16.7. The highest BCUT2D eigenvalue weighted by Gasteiger charge is 2.09. The Labute approximate surface area is 134 Å². The van der Waals surface area contributed by atoms with Crippen molar-refractivity contribution in [3.05, 3.63) is 59.2 Å². The Bertz CT molecular complexity index is 702. The van der Waals surface area contributed by atoms with Gasteiger partial charge in [-0.2, -0.15) is 8.78 Å². The molecule has 0 aliphatic carbocycles. The van der Waals surface area contributed by atoms with Gasteiger partial charge in [-0.1, -0.05) is 29.8 Å². The maximum Gasteiger partial charge on any atom is 0.387 e. The highest BCUT2D eigenvalue weighted by molar-refractivity contribution is 5.92. The van der Waals surface area contributed by atoms with Crippen molar-refractivity contribution >= 4 is 11.6 Å². The van der Waals surface area contributed by atoms with E-state index in [1.807, 2.05) is 38.1 Å². The van der Waals surface area contributed by atoms with Crippen LogP contribution in [0.1, 0.15) is 16.7 Å². The minimum absolute atomic E-state index is 0.109. The quantitative estimate of drug-likeness (QED) is 0.650. The number of hydrogen-bond donors (Lipinski definition) is 2. The van der Waals surface area contributed by atoms with Gasteiger partial charge in [-0.25, -0.2) is 4.99 Å². The number of nitrogens with two attached hydrogens (primary N) is 1. The number of benzene rings is 2. The predicted octanol–water partition coefficient (Wildman–Crippen LogP) is 3.83. The molecule has 0 aliphatic heterocycles. The van der Waals surface area contributed by atoms with Crippen LogP contribution in [0.15, 0.2) is 47.5 Å². The summed E-state index contributed by atoms with van der Waals surface area (Å²) in [6.45, 7) is 1.12. The van der Waals surface area contributed by atoms with Gasteiger partial charge in [0, 0.05) is 11.3 Å². The molecule has 0 radical (unpaired) electrons. The molecular weight excluding hydrogens is 300 g/mol. The monoisotopic (exact) mass is 319 g/mol. The molecule has 6 heteroatoms. The smallest absolute Gasteiger partial charge is 0.387 e. The third-order valence-corrected chi connectivity index (χ3v) is 3.14. The molecule has 2 rings (SSSR count). The summed E-state index contributed by atoms with van der Waals surface area (Å²) in [5.41, 5.74) is 9.24. The van der Waals surface area contributed by atoms with Gasteiger partial charge in [0.1, 0.15) is 5.75 Å². The number of rotatable bonds is 5. The first-order valence-electron chi connectivity index (χ1n) is 7.12. The van der Waals surface area contributed by atoms with Crippen LogP contribution >= 0.6 is 0 Å². The lowest BCUT2D eigenvalue weighted by Gasteiger charge is -2.11. The number of aryl methyl sites for hydroxylation is 2. The largest absolute Gasteiger partial charge is 0.434 e. The molecule has 3 N–H and O–H groups in total. The molecule has 0 heterocycles. The van der Waals surface area contributed by atoms with Gasteiger partial charge in [-0.05, 0) is 37.6 Å². The van der Waals surface area contributed by atoms with Crippen LogP contribution < -0.4 is 15.8 Å². The van der Waals surface area contributed by atoms with E-state index in [9.17, 15) is 8.78 Å². The average molecular weight is 319 g/mol. The number of aliphatic imine (C=N–C) groups is 1. The molecule has 0 bridgehead atoms. The van der Waals surface area contributed by atoms with E-state index in [4.69, 9.17) is 5.73 Å². The molecule has 122 valence electrons. The number of anilines is 1. The van der Waals surface area contributed by atoms with E-state index in [0.717, 1.165) is 16.8 Å². The summed E-state index contributed by atoms with van der Waals surface area (Å²) in [5.74, 6) is 0.317. The van der Waals surface area contributed by atoms with Crippen LogP contribution in [0.3, 0.4) is 0 Å². The Morgan fingerprint density at radius 2 is 1.91 bits per heavy atom. The zero-order valence-corrected chi connectivity index (χ0v) is 13.0. The summed E-state index contributed by atoms with van der Waals surface area (Å²) in [7, 11) is 0. The molecule has 2 aromatic carbocycles. The van der Waals surface area contributed by atoms with Crippen molar-refractivity contribution in [2.24, 2.45) is 10.7 Å². The molecule has 0 spiro atoms. The molecule has 2 aromatic rings. The summed E-state index contributed by atoms with van der Waals surface area (Å²) in [6, 6.07) is 12.6. The first-order chi connectivity index (χ1) is 10.9. The van der Waals surface area contributed by atoms with Gasteiger partial charge in [-0.15, -0.1) is 0 Å². The summed E-state index contributed by atoms with van der Waals surface area (Å²) in [5, 5.41) is 2.97. The molecule has 0 saturated heterocycles. The maximum atomic E-state index is 12.4. The van der Waals surface area contributed by atoms with Crippen molar-refractivity contribution in [1.29, 1.82) is 0 Å². The average Bonchev–Trinajstić information content (AvgIpc) is 2.47. The molecular formula is C17H19F2N3O. The van der Waals surface area contributed by atoms with Crippen LogP contribution in [-0.4, -0.2) is 12.6 Å². The fourth-order valence-electron chi connectivity index (χ4n) is 2.12. The van der Waals surface area contributed by atoms with E-state index in [2.05, 4.69) is 15.0 Å². The Kier molecular flexibility index (Phi) is 5.51. The van der Waals surface area contributed by atoms with Gasteiger partial charge in [0.2, 0.25) is 0 Å². The van der Waals surface area contributed by atoms with E-state index < -0.39 is 6.61 Å². The number of nitrogens with one attached hydrogen (secondary N) is 1. The van der Waals surface area contributed by atoms with Gasteiger partial charge >= 0.3 is 6.61 Å². The van der Waals surface area contributed by atoms with Crippen LogP contribution in [0.2, 0.25) is 0 Å². The standard InChI is InChI=1S/C17H19F2N3O/c1-11-4-3-5-14(9-11)22-17(20)21-10-13-8-12(2)6-7-15(13)23-16(18)19/h3-9,16H,10H2,1-2H3,(H3,20,21,22). The van der Waals surface area contributed by atoms with Crippen LogP contribution in [-0.2, 0) is 6.54 Å². The van der Waals surface area contributed by atoms with Crippen LogP contribution in [0, 0.1) is 13.8 Å². The number of ether oxygens (including phenoxy) is 1. The highest BCUT2D eigenvalue weighted by Crippen LogP contribution is 2.23. The molecule has 0 saturated carbocycles. The number of alkyl halides is 2. The Balaban J connectivity index is 2.10. The van der Waals surface area contributed by atoms with Gasteiger partial charge in [0.25, 0.3) is 0 Å². The van der Waals surface area contributed by atoms with E-state index in [0.29, 0.717) is 5.56 Å². The van der Waals surface area contributed by atoms with E-state index in [-0.39, 0.29) is 18.3 Å². The number of halogens is 2. The predicted molar refractivity (Wildman–Crippen MR) is 87.9 cm³/mol. The summed E-state index contributed by atoms with van der Waals surface area (Å²) < 4.78 is 29.4. The van der Waals surface area contributed by atoms with Crippen molar-refractivity contribution in [2.45, 2.75) is 27.0 Å². The lowest BCUT2D eigenvalue weighted by atomic mass is 10.1. The van der Waals surface area contributed by atoms with Crippen molar-refractivity contribution in [3.63, 3.8) is 0 Å². The Morgan fingerprint density at radius 3 is 2.61 bits per heavy atom. The van der Waals surface area contributed by atoms with Gasteiger partial charge < -0.3 is 15.8 Å². The van der Waals surface area contributed by atoms with Crippen molar-refractivity contribution in [1.82, 2.24) is 0 Å². The van der Waals surface area contributed by atoms with Gasteiger partial charge in [0.15, 0.2) is 5.96 Å². The maximum absolute atomic E-state index is 12.4. The molecule has 23 heavy (non-hydrogen) atoms. The molecule has 0 aliphatic rings. The molecule has 0 atom stereocenters. The number of guanidine groups is 1. The molecule has 0 unspecified atom stereocenters.